The number of allylic oxidation sites excluding steroid dienone is 2. The van der Waals surface area contributed by atoms with Crippen LogP contribution in [0.3, 0.4) is 0 Å². The van der Waals surface area contributed by atoms with Crippen LogP contribution >= 0.6 is 0 Å². The van der Waals surface area contributed by atoms with Gasteiger partial charge in [0.05, 0.1) is 17.9 Å². The normalized spacial score (nSPS) is 27.9. The lowest BCUT2D eigenvalue weighted by Crippen LogP contribution is -2.59. The Morgan fingerprint density at radius 1 is 1.00 bits per heavy atom. The summed E-state index contributed by atoms with van der Waals surface area (Å²) in [4.78, 5) is 28.8. The van der Waals surface area contributed by atoms with E-state index in [2.05, 4.69) is 5.32 Å². The van der Waals surface area contributed by atoms with Crippen molar-refractivity contribution in [1.82, 2.24) is 0 Å². The first-order valence-electron chi connectivity index (χ1n) is 9.09. The molecule has 5 heteroatoms. The lowest BCUT2D eigenvalue weighted by Gasteiger charge is -2.45. The highest BCUT2D eigenvalue weighted by atomic mass is 16.5. The molecule has 0 saturated carbocycles. The van der Waals surface area contributed by atoms with Crippen molar-refractivity contribution in [2.45, 2.75) is 23.7 Å². The average Bonchev–Trinajstić information content (AvgIpc) is 3.09. The summed E-state index contributed by atoms with van der Waals surface area (Å²) in [6, 6.07) is 13.4. The maximum absolute atomic E-state index is 13.7. The number of fused-ring (bicyclic) bond motifs is 5. The number of amides is 2. The SMILES string of the molecule is COc1ccc2c(c1)C1(CC=CCC13C(=O)Nc1ccccc13)C(=O)N2C. The van der Waals surface area contributed by atoms with Crippen molar-refractivity contribution in [1.29, 1.82) is 0 Å². The highest BCUT2D eigenvalue weighted by Gasteiger charge is 2.68. The number of carbonyl (C=O) groups excluding carboxylic acids is 2. The molecule has 2 heterocycles. The van der Waals surface area contributed by atoms with Crippen LogP contribution in [0.15, 0.2) is 54.6 Å². The summed E-state index contributed by atoms with van der Waals surface area (Å²) in [7, 11) is 3.40. The quantitative estimate of drug-likeness (QED) is 0.795. The molecular weight excluding hydrogens is 340 g/mol. The number of benzene rings is 2. The van der Waals surface area contributed by atoms with Gasteiger partial charge in [-0.25, -0.2) is 0 Å². The predicted octanol–water partition coefficient (Wildman–Crippen LogP) is 3.15. The van der Waals surface area contributed by atoms with Gasteiger partial charge in [0.2, 0.25) is 11.8 Å². The molecule has 5 rings (SSSR count). The van der Waals surface area contributed by atoms with Gasteiger partial charge in [-0.2, -0.15) is 0 Å². The molecule has 1 aliphatic carbocycles. The van der Waals surface area contributed by atoms with Crippen molar-refractivity contribution < 1.29 is 14.3 Å². The number of hydrogen-bond donors (Lipinski definition) is 1. The fourth-order valence-corrected chi connectivity index (χ4v) is 5.21. The van der Waals surface area contributed by atoms with Gasteiger partial charge in [0.1, 0.15) is 5.75 Å². The molecule has 2 aromatic carbocycles. The van der Waals surface area contributed by atoms with Crippen LogP contribution in [-0.2, 0) is 20.4 Å². The summed E-state index contributed by atoms with van der Waals surface area (Å²) in [6.07, 6.45) is 5.03. The fraction of sp³-hybridized carbons (Fsp3) is 0.273. The Kier molecular flexibility index (Phi) is 3.12. The lowest BCUT2D eigenvalue weighted by atomic mass is 9.53. The molecule has 0 fully saturated rings. The largest absolute Gasteiger partial charge is 0.497 e. The molecule has 0 radical (unpaired) electrons. The minimum Gasteiger partial charge on any atom is -0.497 e. The molecule has 27 heavy (non-hydrogen) atoms. The first-order valence-corrected chi connectivity index (χ1v) is 9.09. The van der Waals surface area contributed by atoms with Gasteiger partial charge in [-0.05, 0) is 48.2 Å². The highest BCUT2D eigenvalue weighted by Crippen LogP contribution is 2.61. The van der Waals surface area contributed by atoms with Crippen LogP contribution in [0.4, 0.5) is 11.4 Å². The molecule has 0 bridgehead atoms. The number of nitrogens with zero attached hydrogens (tertiary/aromatic N) is 1. The van der Waals surface area contributed by atoms with Gasteiger partial charge < -0.3 is 15.0 Å². The summed E-state index contributed by atoms with van der Waals surface area (Å²) in [5.41, 5.74) is 1.47. The Balaban J connectivity index is 1.88. The third-order valence-corrected chi connectivity index (χ3v) is 6.46. The number of nitrogens with one attached hydrogen (secondary N) is 1. The van der Waals surface area contributed by atoms with Crippen LogP contribution in [0.2, 0.25) is 0 Å². The zero-order valence-electron chi connectivity index (χ0n) is 15.3. The number of anilines is 2. The van der Waals surface area contributed by atoms with Crippen LogP contribution in [0.25, 0.3) is 0 Å². The number of methoxy groups -OCH3 is 1. The van der Waals surface area contributed by atoms with E-state index in [1.54, 1.807) is 19.1 Å². The Hall–Kier alpha value is -3.08. The zero-order valence-corrected chi connectivity index (χ0v) is 15.3. The molecule has 2 atom stereocenters. The predicted molar refractivity (Wildman–Crippen MR) is 103 cm³/mol. The summed E-state index contributed by atoms with van der Waals surface area (Å²) in [5.74, 6) is 0.542. The summed E-state index contributed by atoms with van der Waals surface area (Å²) in [5, 5.41) is 3.03. The molecule has 2 aliphatic heterocycles. The number of hydrogen-bond acceptors (Lipinski definition) is 3. The van der Waals surface area contributed by atoms with E-state index in [1.807, 2.05) is 54.6 Å². The van der Waals surface area contributed by atoms with Crippen molar-refractivity contribution in [3.63, 3.8) is 0 Å². The van der Waals surface area contributed by atoms with Crippen LogP contribution < -0.4 is 15.0 Å². The topological polar surface area (TPSA) is 58.6 Å². The van der Waals surface area contributed by atoms with E-state index in [0.717, 1.165) is 22.5 Å². The molecule has 0 saturated heterocycles. The van der Waals surface area contributed by atoms with Crippen molar-refractivity contribution >= 4 is 23.2 Å². The molecule has 2 amide bonds. The second-order valence-corrected chi connectivity index (χ2v) is 7.44. The van der Waals surface area contributed by atoms with Crippen LogP contribution in [-0.4, -0.2) is 26.0 Å². The van der Waals surface area contributed by atoms with Crippen molar-refractivity contribution in [3.8, 4) is 5.75 Å². The van der Waals surface area contributed by atoms with E-state index in [0.29, 0.717) is 18.6 Å². The van der Waals surface area contributed by atoms with E-state index >= 15 is 0 Å². The second kappa shape index (κ2) is 5.22. The van der Waals surface area contributed by atoms with Crippen LogP contribution in [0.1, 0.15) is 24.0 Å². The van der Waals surface area contributed by atoms with Crippen molar-refractivity contribution in [2.75, 3.05) is 24.4 Å². The number of para-hydroxylation sites is 1. The molecule has 0 aromatic heterocycles. The minimum atomic E-state index is -0.975. The van der Waals surface area contributed by atoms with Gasteiger partial charge in [0, 0.05) is 18.4 Å². The smallest absolute Gasteiger partial charge is 0.239 e. The maximum Gasteiger partial charge on any atom is 0.239 e. The number of ether oxygens (including phenoxy) is 1. The molecule has 3 aliphatic rings. The van der Waals surface area contributed by atoms with Gasteiger partial charge in [-0.1, -0.05) is 30.4 Å². The maximum atomic E-state index is 13.7. The van der Waals surface area contributed by atoms with E-state index in [-0.39, 0.29) is 11.8 Å². The Bertz CT molecular complexity index is 1030. The molecule has 2 unspecified atom stereocenters. The second-order valence-electron chi connectivity index (χ2n) is 7.44. The molecule has 1 N–H and O–H groups in total. The van der Waals surface area contributed by atoms with Crippen LogP contribution in [0, 0.1) is 0 Å². The fourth-order valence-electron chi connectivity index (χ4n) is 5.21. The zero-order chi connectivity index (χ0) is 18.8. The first kappa shape index (κ1) is 16.1. The number of likely N-dealkylation sites (N-methyl/N-ethyl adjacent to an activating group) is 1. The van der Waals surface area contributed by atoms with Gasteiger partial charge >= 0.3 is 0 Å². The third kappa shape index (κ3) is 1.70. The molecule has 2 aromatic rings. The summed E-state index contributed by atoms with van der Waals surface area (Å²) < 4.78 is 5.44. The van der Waals surface area contributed by atoms with Gasteiger partial charge in [0.25, 0.3) is 0 Å². The van der Waals surface area contributed by atoms with E-state index in [4.69, 9.17) is 4.74 Å². The number of carbonyl (C=O) groups is 2. The highest BCUT2D eigenvalue weighted by molar-refractivity contribution is 6.18. The molecule has 5 nitrogen and oxygen atoms in total. The standard InChI is InChI=1S/C22H20N2O3/c1-24-18-10-9-14(27-2)13-16(18)22(20(24)26)12-6-5-11-21(22)15-7-3-4-8-17(15)23-19(21)25/h3-10,13H,11-12H2,1-2H3,(H,23,25). The Labute approximate surface area is 157 Å². The van der Waals surface area contributed by atoms with Crippen molar-refractivity contribution in [3.05, 3.63) is 65.7 Å². The molecule has 136 valence electrons. The van der Waals surface area contributed by atoms with Gasteiger partial charge in [-0.15, -0.1) is 0 Å². The van der Waals surface area contributed by atoms with E-state index in [1.165, 1.54) is 0 Å². The minimum absolute atomic E-state index is 0.0399. The monoisotopic (exact) mass is 360 g/mol. The molecular formula is C22H20N2O3. The van der Waals surface area contributed by atoms with Gasteiger partial charge in [0.15, 0.2) is 0 Å². The Morgan fingerprint density at radius 2 is 1.74 bits per heavy atom. The molecule has 2 spiro atoms. The average molecular weight is 360 g/mol. The first-order chi connectivity index (χ1) is 13.1. The third-order valence-electron chi connectivity index (χ3n) is 6.46. The van der Waals surface area contributed by atoms with E-state index in [9.17, 15) is 9.59 Å². The van der Waals surface area contributed by atoms with E-state index < -0.39 is 10.8 Å². The van der Waals surface area contributed by atoms with Gasteiger partial charge in [-0.3, -0.25) is 9.59 Å². The summed E-state index contributed by atoms with van der Waals surface area (Å²) >= 11 is 0. The number of rotatable bonds is 1. The lowest BCUT2D eigenvalue weighted by molar-refractivity contribution is -0.133. The summed E-state index contributed by atoms with van der Waals surface area (Å²) in [6.45, 7) is 0. The van der Waals surface area contributed by atoms with Crippen molar-refractivity contribution in [2.24, 2.45) is 0 Å². The Morgan fingerprint density at radius 3 is 2.52 bits per heavy atom. The van der Waals surface area contributed by atoms with Crippen LogP contribution in [0.5, 0.6) is 5.75 Å².